The van der Waals surface area contributed by atoms with Crippen molar-refractivity contribution >= 4 is 35.1 Å². The average Bonchev–Trinajstić information content (AvgIpc) is 3.97. The summed E-state index contributed by atoms with van der Waals surface area (Å²) in [7, 11) is 1.99. The molecule has 4 aliphatic rings. The average molecular weight is 898 g/mol. The number of carbonyl (C=O) groups excluding carboxylic acids is 3. The van der Waals surface area contributed by atoms with E-state index in [9.17, 15) is 14.4 Å². The number of carbonyl (C=O) groups is 3. The maximum Gasteiger partial charge on any atom is 0.230 e. The molecular weight excluding hydrogens is 836 g/mol. The number of nitrogens with one attached hydrogen (secondary N) is 4. The van der Waals surface area contributed by atoms with Crippen molar-refractivity contribution in [1.29, 1.82) is 0 Å². The van der Waals surface area contributed by atoms with Crippen LogP contribution in [0.15, 0.2) is 54.9 Å². The number of ketones is 1. The Morgan fingerprint density at radius 1 is 0.797 bits per heavy atom. The highest BCUT2D eigenvalue weighted by atomic mass is 35.5. The van der Waals surface area contributed by atoms with Gasteiger partial charge in [-0.05, 0) is 80.9 Å². The Morgan fingerprint density at radius 2 is 1.52 bits per heavy atom. The van der Waals surface area contributed by atoms with E-state index in [1.165, 1.54) is 18.5 Å². The van der Waals surface area contributed by atoms with Gasteiger partial charge in [0, 0.05) is 79.4 Å². The minimum atomic E-state index is -0.493. The van der Waals surface area contributed by atoms with Gasteiger partial charge in [-0.15, -0.1) is 0 Å². The second kappa shape index (κ2) is 22.4. The summed E-state index contributed by atoms with van der Waals surface area (Å²) in [5.74, 6) is 0.383. The topological polar surface area (TPSA) is 180 Å². The summed E-state index contributed by atoms with van der Waals surface area (Å²) in [6.07, 6.45) is 12.5. The van der Waals surface area contributed by atoms with E-state index in [1.54, 1.807) is 12.3 Å². The molecule has 3 fully saturated rings. The van der Waals surface area contributed by atoms with Crippen LogP contribution in [0.1, 0.15) is 84.1 Å². The molecule has 0 spiro atoms. The van der Waals surface area contributed by atoms with Gasteiger partial charge in [-0.3, -0.25) is 24.4 Å². The number of benzene rings is 2. The van der Waals surface area contributed by atoms with Crippen molar-refractivity contribution in [3.8, 4) is 17.0 Å². The van der Waals surface area contributed by atoms with Crippen molar-refractivity contribution in [2.24, 2.45) is 24.8 Å². The molecule has 3 heterocycles. The van der Waals surface area contributed by atoms with Crippen LogP contribution in [0.4, 0.5) is 5.95 Å². The number of imide groups is 1. The number of aryl methyl sites for hydroxylation is 1. The van der Waals surface area contributed by atoms with E-state index >= 15 is 0 Å². The SMILES string of the molecule is Cn1ncc(-c2nc(NC3CCC(NCCOCCOCCOCCNCc4ccc(COc5cccc6c5CC([C@H]5CCC(=O)NC5=O)C6=O)cc4)CC3)ncc2Cl)c1CC1CC1. The molecule has 4 aromatic rings. The number of ether oxygens (including phenoxy) is 4. The molecule has 3 aliphatic carbocycles. The maximum absolute atomic E-state index is 13.2. The molecule has 2 aromatic heterocycles. The minimum absolute atomic E-state index is 0.0495. The summed E-state index contributed by atoms with van der Waals surface area (Å²) in [6, 6.07) is 14.5. The fourth-order valence-corrected chi connectivity index (χ4v) is 9.18. The lowest BCUT2D eigenvalue weighted by Crippen LogP contribution is -2.44. The Kier molecular flexibility index (Phi) is 16.0. The molecular formula is C48H61ClN8O7. The van der Waals surface area contributed by atoms with Gasteiger partial charge in [-0.25, -0.2) is 9.97 Å². The van der Waals surface area contributed by atoms with Crippen LogP contribution >= 0.6 is 11.6 Å². The first-order valence-corrected chi connectivity index (χ1v) is 23.3. The zero-order chi connectivity index (χ0) is 44.3. The first-order chi connectivity index (χ1) is 31.3. The molecule has 0 bridgehead atoms. The van der Waals surface area contributed by atoms with Crippen molar-refractivity contribution in [3.63, 3.8) is 0 Å². The summed E-state index contributed by atoms with van der Waals surface area (Å²) in [6.45, 7) is 6.00. The van der Waals surface area contributed by atoms with Crippen molar-refractivity contribution in [2.75, 3.05) is 58.0 Å². The summed E-state index contributed by atoms with van der Waals surface area (Å²) < 4.78 is 25.3. The number of amides is 2. The number of fused-ring (bicyclic) bond motifs is 1. The molecule has 1 aliphatic heterocycles. The zero-order valence-corrected chi connectivity index (χ0v) is 37.5. The van der Waals surface area contributed by atoms with Gasteiger partial charge in [-0.1, -0.05) is 48.0 Å². The molecule has 2 atom stereocenters. The monoisotopic (exact) mass is 896 g/mol. The second-order valence-electron chi connectivity index (χ2n) is 17.4. The summed E-state index contributed by atoms with van der Waals surface area (Å²) in [5, 5.41) is 18.1. The third-order valence-corrected chi connectivity index (χ3v) is 13.1. The highest BCUT2D eigenvalue weighted by molar-refractivity contribution is 6.33. The lowest BCUT2D eigenvalue weighted by atomic mass is 9.83. The molecule has 2 aromatic carbocycles. The standard InChI is InChI=1S/C48H61ClN8O7/c1-57-42(25-31-5-6-31)40(28-53-57)45-41(49)29-52-48(56-45)54-35-13-11-34(12-14-35)51-18-20-62-22-24-63-23-21-61-19-17-50-27-32-7-9-33(10-8-32)30-64-43-4-2-3-36-38(43)26-39(46(36)59)37-15-16-44(58)55-47(37)60/h2-4,7-10,28-29,31,34-35,37,39,50-51H,5-6,11-27,30H2,1H3,(H,52,54,56)(H,55,58,60)/t34?,35?,37-,39?/m1/s1. The van der Waals surface area contributed by atoms with Crippen molar-refractivity contribution in [1.82, 2.24) is 35.7 Å². The third-order valence-electron chi connectivity index (χ3n) is 12.8. The van der Waals surface area contributed by atoms with Gasteiger partial charge < -0.3 is 34.9 Å². The number of anilines is 1. The number of nitrogens with zero attached hydrogens (tertiary/aromatic N) is 4. The number of hydrogen-bond donors (Lipinski definition) is 4. The molecule has 8 rings (SSSR count). The van der Waals surface area contributed by atoms with Crippen LogP contribution in [-0.2, 0) is 56.8 Å². The van der Waals surface area contributed by atoms with Crippen molar-refractivity contribution in [3.05, 3.63) is 87.8 Å². The van der Waals surface area contributed by atoms with E-state index in [0.29, 0.717) is 93.5 Å². The molecule has 1 saturated heterocycles. The minimum Gasteiger partial charge on any atom is -0.489 e. The van der Waals surface area contributed by atoms with Gasteiger partial charge in [0.15, 0.2) is 5.78 Å². The van der Waals surface area contributed by atoms with Crippen LogP contribution in [0.5, 0.6) is 5.75 Å². The van der Waals surface area contributed by atoms with Gasteiger partial charge in [0.25, 0.3) is 0 Å². The predicted octanol–water partition coefficient (Wildman–Crippen LogP) is 5.62. The molecule has 2 saturated carbocycles. The van der Waals surface area contributed by atoms with Crippen molar-refractivity contribution < 1.29 is 33.3 Å². The van der Waals surface area contributed by atoms with Gasteiger partial charge >= 0.3 is 0 Å². The van der Waals surface area contributed by atoms with Crippen LogP contribution in [0.25, 0.3) is 11.3 Å². The van der Waals surface area contributed by atoms with Gasteiger partial charge in [0.05, 0.1) is 62.8 Å². The Hall–Kier alpha value is -4.77. The highest BCUT2D eigenvalue weighted by Gasteiger charge is 2.43. The van der Waals surface area contributed by atoms with Gasteiger partial charge in [0.2, 0.25) is 17.8 Å². The van der Waals surface area contributed by atoms with Crippen LogP contribution in [0, 0.1) is 17.8 Å². The first-order valence-electron chi connectivity index (χ1n) is 23.0. The Bertz CT molecular complexity index is 2210. The van der Waals surface area contributed by atoms with Crippen LogP contribution < -0.4 is 26.0 Å². The number of aromatic nitrogens is 4. The normalized spacial score (nSPS) is 20.9. The van der Waals surface area contributed by atoms with E-state index in [2.05, 4.69) is 43.5 Å². The van der Waals surface area contributed by atoms with E-state index in [4.69, 9.17) is 35.5 Å². The predicted molar refractivity (Wildman–Crippen MR) is 242 cm³/mol. The van der Waals surface area contributed by atoms with E-state index in [1.807, 2.05) is 42.2 Å². The lowest BCUT2D eigenvalue weighted by molar-refractivity contribution is -0.137. The molecule has 342 valence electrons. The summed E-state index contributed by atoms with van der Waals surface area (Å²) in [4.78, 5) is 46.6. The number of rotatable bonds is 24. The summed E-state index contributed by atoms with van der Waals surface area (Å²) >= 11 is 6.58. The Labute approximate surface area is 380 Å². The largest absolute Gasteiger partial charge is 0.489 e. The van der Waals surface area contributed by atoms with Gasteiger partial charge in [-0.2, -0.15) is 5.10 Å². The van der Waals surface area contributed by atoms with Crippen LogP contribution in [-0.4, -0.2) is 102 Å². The van der Waals surface area contributed by atoms with Gasteiger partial charge in [0.1, 0.15) is 12.4 Å². The van der Waals surface area contributed by atoms with Crippen LogP contribution in [0.3, 0.4) is 0 Å². The Morgan fingerprint density at radius 3 is 2.27 bits per heavy atom. The fraction of sp³-hybridized carbons (Fsp3) is 0.542. The molecule has 15 nitrogen and oxygen atoms in total. The molecule has 0 radical (unpaired) electrons. The molecule has 1 unspecified atom stereocenters. The third kappa shape index (κ3) is 12.3. The quantitative estimate of drug-likeness (QED) is 0.0504. The summed E-state index contributed by atoms with van der Waals surface area (Å²) in [5.41, 5.74) is 6.55. The smallest absolute Gasteiger partial charge is 0.230 e. The van der Waals surface area contributed by atoms with Crippen molar-refractivity contribution in [2.45, 2.75) is 89.4 Å². The first kappa shape index (κ1) is 45.8. The second-order valence-corrected chi connectivity index (χ2v) is 17.9. The molecule has 4 N–H and O–H groups in total. The zero-order valence-electron chi connectivity index (χ0n) is 36.7. The van der Waals surface area contributed by atoms with Crippen LogP contribution in [0.2, 0.25) is 5.02 Å². The maximum atomic E-state index is 13.2. The van der Waals surface area contributed by atoms with E-state index in [0.717, 1.165) is 85.6 Å². The fourth-order valence-electron chi connectivity index (χ4n) is 8.99. The Balaban J connectivity index is 0.616. The highest BCUT2D eigenvalue weighted by Crippen LogP contribution is 2.40. The number of Topliss-reactive ketones (excluding diaryl/α,β-unsaturated/α-hetero) is 1. The van der Waals surface area contributed by atoms with E-state index in [-0.39, 0.29) is 24.0 Å². The molecule has 16 heteroatoms. The molecule has 64 heavy (non-hydrogen) atoms. The number of halogens is 1. The molecule has 2 amide bonds. The number of hydrogen-bond acceptors (Lipinski definition) is 13. The lowest BCUT2D eigenvalue weighted by Gasteiger charge is -2.29. The number of piperidine rings is 1. The van der Waals surface area contributed by atoms with E-state index < -0.39 is 11.8 Å².